The van der Waals surface area contributed by atoms with Gasteiger partial charge >= 0.3 is 0 Å². The highest BCUT2D eigenvalue weighted by atomic mass is 19.1. The van der Waals surface area contributed by atoms with E-state index in [1.807, 2.05) is 26.0 Å². The minimum Gasteiger partial charge on any atom is -0.382 e. The Morgan fingerprint density at radius 1 is 1.08 bits per heavy atom. The van der Waals surface area contributed by atoms with Crippen molar-refractivity contribution in [2.45, 2.75) is 63.8 Å². The molecule has 1 aromatic carbocycles. The summed E-state index contributed by atoms with van der Waals surface area (Å²) in [5, 5.41) is 3.55. The first-order valence-electron chi connectivity index (χ1n) is 9.70. The number of morpholine rings is 1. The van der Waals surface area contributed by atoms with E-state index in [0.29, 0.717) is 17.8 Å². The molecule has 5 heteroatoms. The molecule has 0 spiro atoms. The zero-order chi connectivity index (χ0) is 17.6. The van der Waals surface area contributed by atoms with Crippen molar-refractivity contribution in [3.8, 4) is 0 Å². The van der Waals surface area contributed by atoms with Crippen molar-refractivity contribution in [1.29, 1.82) is 0 Å². The van der Waals surface area contributed by atoms with Gasteiger partial charge in [-0.05, 0) is 69.6 Å². The highest BCUT2D eigenvalue weighted by molar-refractivity contribution is 5.57. The molecule has 25 heavy (non-hydrogen) atoms. The topological polar surface area (TPSA) is 50.5 Å². The van der Waals surface area contributed by atoms with E-state index in [0.717, 1.165) is 43.5 Å². The number of anilines is 2. The molecule has 0 radical (unpaired) electrons. The van der Waals surface area contributed by atoms with Crippen molar-refractivity contribution in [2.24, 2.45) is 17.6 Å². The van der Waals surface area contributed by atoms with Crippen molar-refractivity contribution in [1.82, 2.24) is 0 Å². The summed E-state index contributed by atoms with van der Waals surface area (Å²) >= 11 is 0. The van der Waals surface area contributed by atoms with Crippen LogP contribution in [0.1, 0.15) is 39.5 Å². The lowest BCUT2D eigenvalue weighted by Gasteiger charge is -2.37. The molecule has 2 aliphatic carbocycles. The number of halogens is 1. The van der Waals surface area contributed by atoms with Crippen LogP contribution in [-0.4, -0.2) is 37.4 Å². The normalized spacial score (nSPS) is 38.0. The zero-order valence-electron chi connectivity index (χ0n) is 15.2. The maximum absolute atomic E-state index is 14.7. The van der Waals surface area contributed by atoms with Gasteiger partial charge in [0, 0.05) is 30.9 Å². The molecule has 3 N–H and O–H groups in total. The molecule has 2 saturated carbocycles. The summed E-state index contributed by atoms with van der Waals surface area (Å²) in [4.78, 5) is 2.10. The minimum absolute atomic E-state index is 0.130. The number of nitrogens with zero attached hydrogens (tertiary/aromatic N) is 1. The molecule has 4 rings (SSSR count). The summed E-state index contributed by atoms with van der Waals surface area (Å²) in [6, 6.07) is 6.43. The van der Waals surface area contributed by atoms with Crippen molar-refractivity contribution >= 4 is 11.4 Å². The minimum atomic E-state index is -0.147. The third-order valence-corrected chi connectivity index (χ3v) is 6.13. The molecule has 3 fully saturated rings. The Balaban J connectivity index is 1.40. The standard InChI is InChI=1S/C20H30FN3O/c1-12-10-24(11-13(2)25-12)20-4-3-17(9-19(20)21)23-18-7-14-5-16(22)6-15(14)8-18/h3-4,9,12-16,18,23H,5-8,10-11,22H2,1-2H3. The number of nitrogens with one attached hydrogen (secondary N) is 1. The van der Waals surface area contributed by atoms with Gasteiger partial charge in [0.25, 0.3) is 0 Å². The van der Waals surface area contributed by atoms with E-state index in [1.54, 1.807) is 6.07 Å². The average molecular weight is 347 g/mol. The fourth-order valence-electron chi connectivity index (χ4n) is 5.24. The third kappa shape index (κ3) is 3.63. The molecule has 4 atom stereocenters. The fourth-order valence-corrected chi connectivity index (χ4v) is 5.24. The van der Waals surface area contributed by atoms with E-state index >= 15 is 0 Å². The van der Waals surface area contributed by atoms with Gasteiger partial charge in [0.15, 0.2) is 0 Å². The quantitative estimate of drug-likeness (QED) is 0.880. The van der Waals surface area contributed by atoms with Crippen molar-refractivity contribution < 1.29 is 9.13 Å². The lowest BCUT2D eigenvalue weighted by Crippen LogP contribution is -2.45. The maximum Gasteiger partial charge on any atom is 0.148 e. The summed E-state index contributed by atoms with van der Waals surface area (Å²) in [6.45, 7) is 5.55. The van der Waals surface area contributed by atoms with Crippen LogP contribution in [0.2, 0.25) is 0 Å². The molecular weight excluding hydrogens is 317 g/mol. The van der Waals surface area contributed by atoms with E-state index in [2.05, 4.69) is 10.2 Å². The molecule has 3 aliphatic rings. The third-order valence-electron chi connectivity index (χ3n) is 6.13. The molecule has 0 aromatic heterocycles. The van der Waals surface area contributed by atoms with E-state index in [9.17, 15) is 4.39 Å². The summed E-state index contributed by atoms with van der Waals surface area (Å²) in [7, 11) is 0. The molecule has 0 bridgehead atoms. The summed E-state index contributed by atoms with van der Waals surface area (Å²) in [5.74, 6) is 1.37. The molecule has 0 amide bonds. The molecule has 138 valence electrons. The van der Waals surface area contributed by atoms with Crippen LogP contribution in [0, 0.1) is 17.7 Å². The Kier molecular flexibility index (Phi) is 4.63. The summed E-state index contributed by atoms with van der Waals surface area (Å²) in [5.41, 5.74) is 7.64. The van der Waals surface area contributed by atoms with Crippen LogP contribution in [0.25, 0.3) is 0 Å². The van der Waals surface area contributed by atoms with Crippen LogP contribution in [0.5, 0.6) is 0 Å². The lowest BCUT2D eigenvalue weighted by atomic mass is 10.0. The first-order chi connectivity index (χ1) is 12.0. The maximum atomic E-state index is 14.7. The van der Waals surface area contributed by atoms with Crippen LogP contribution in [0.3, 0.4) is 0 Å². The number of rotatable bonds is 3. The molecular formula is C20H30FN3O. The summed E-state index contributed by atoms with van der Waals surface area (Å²) < 4.78 is 20.5. The van der Waals surface area contributed by atoms with Gasteiger partial charge in [-0.25, -0.2) is 4.39 Å². The Morgan fingerprint density at radius 3 is 2.32 bits per heavy atom. The second-order valence-corrected chi connectivity index (χ2v) is 8.39. The van der Waals surface area contributed by atoms with Gasteiger partial charge in [-0.3, -0.25) is 0 Å². The molecule has 1 aliphatic heterocycles. The Hall–Kier alpha value is -1.33. The van der Waals surface area contributed by atoms with E-state index < -0.39 is 0 Å². The SMILES string of the molecule is CC1CN(c2ccc(NC3CC4CC(N)CC4C3)cc2F)CC(C)O1. The molecule has 1 saturated heterocycles. The smallest absolute Gasteiger partial charge is 0.148 e. The zero-order valence-corrected chi connectivity index (χ0v) is 15.2. The second kappa shape index (κ2) is 6.76. The molecule has 1 aromatic rings. The van der Waals surface area contributed by atoms with Crippen LogP contribution in [0.4, 0.5) is 15.8 Å². The summed E-state index contributed by atoms with van der Waals surface area (Å²) in [6.07, 6.45) is 4.91. The number of hydrogen-bond donors (Lipinski definition) is 2. The lowest BCUT2D eigenvalue weighted by molar-refractivity contribution is -0.00539. The van der Waals surface area contributed by atoms with Gasteiger partial charge in [0.1, 0.15) is 5.82 Å². The first kappa shape index (κ1) is 17.1. The second-order valence-electron chi connectivity index (χ2n) is 8.39. The van der Waals surface area contributed by atoms with E-state index in [-0.39, 0.29) is 18.0 Å². The van der Waals surface area contributed by atoms with Crippen LogP contribution >= 0.6 is 0 Å². The van der Waals surface area contributed by atoms with Gasteiger partial charge in [-0.2, -0.15) is 0 Å². The Morgan fingerprint density at radius 2 is 1.72 bits per heavy atom. The van der Waals surface area contributed by atoms with Gasteiger partial charge in [-0.15, -0.1) is 0 Å². The number of benzene rings is 1. The highest BCUT2D eigenvalue weighted by Gasteiger charge is 2.40. The molecule has 4 unspecified atom stereocenters. The predicted octanol–water partition coefficient (Wildman–Crippen LogP) is 3.37. The van der Waals surface area contributed by atoms with E-state index in [4.69, 9.17) is 10.5 Å². The number of fused-ring (bicyclic) bond motifs is 1. The van der Waals surface area contributed by atoms with Crippen LogP contribution < -0.4 is 16.0 Å². The van der Waals surface area contributed by atoms with Crippen molar-refractivity contribution in [3.05, 3.63) is 24.0 Å². The molecule has 1 heterocycles. The fraction of sp³-hybridized carbons (Fsp3) is 0.700. The Labute approximate surface area is 149 Å². The van der Waals surface area contributed by atoms with Crippen LogP contribution in [-0.2, 0) is 4.74 Å². The van der Waals surface area contributed by atoms with Crippen molar-refractivity contribution in [3.63, 3.8) is 0 Å². The van der Waals surface area contributed by atoms with Crippen LogP contribution in [0.15, 0.2) is 18.2 Å². The van der Waals surface area contributed by atoms with Gasteiger partial charge in [0.2, 0.25) is 0 Å². The number of ether oxygens (including phenoxy) is 1. The highest BCUT2D eigenvalue weighted by Crippen LogP contribution is 2.44. The van der Waals surface area contributed by atoms with Gasteiger partial charge in [-0.1, -0.05) is 0 Å². The first-order valence-corrected chi connectivity index (χ1v) is 9.70. The van der Waals surface area contributed by atoms with Gasteiger partial charge < -0.3 is 20.7 Å². The number of hydrogen-bond acceptors (Lipinski definition) is 4. The largest absolute Gasteiger partial charge is 0.382 e. The van der Waals surface area contributed by atoms with Gasteiger partial charge in [0.05, 0.1) is 17.9 Å². The Bertz CT molecular complexity index is 601. The molecule has 4 nitrogen and oxygen atoms in total. The predicted molar refractivity (Wildman–Crippen MR) is 99.5 cm³/mol. The average Bonchev–Trinajstić information content (AvgIpc) is 3.02. The van der Waals surface area contributed by atoms with E-state index in [1.165, 1.54) is 12.8 Å². The monoisotopic (exact) mass is 347 g/mol. The number of nitrogens with two attached hydrogens (primary N) is 1. The van der Waals surface area contributed by atoms with Crippen molar-refractivity contribution in [2.75, 3.05) is 23.3 Å².